The van der Waals surface area contributed by atoms with Gasteiger partial charge in [-0.15, -0.1) is 0 Å². The third-order valence-electron chi connectivity index (χ3n) is 3.72. The maximum Gasteiger partial charge on any atom is 0.229 e. The highest BCUT2D eigenvalue weighted by Crippen LogP contribution is 2.28. The van der Waals surface area contributed by atoms with E-state index in [0.717, 1.165) is 24.1 Å². The molecule has 0 aromatic heterocycles. The van der Waals surface area contributed by atoms with E-state index >= 15 is 0 Å². The van der Waals surface area contributed by atoms with Gasteiger partial charge >= 0.3 is 0 Å². The van der Waals surface area contributed by atoms with Gasteiger partial charge in [0.05, 0.1) is 11.4 Å². The fraction of sp³-hybridized carbons (Fsp3) is 0.467. The van der Waals surface area contributed by atoms with Crippen molar-refractivity contribution in [2.75, 3.05) is 11.4 Å². The molecule has 1 aliphatic rings. The van der Waals surface area contributed by atoms with Crippen molar-refractivity contribution >= 4 is 17.3 Å². The number of rotatable bonds is 2. The number of carbonyl (C=O) groups is 1. The number of oxime groups is 1. The van der Waals surface area contributed by atoms with Gasteiger partial charge in [0, 0.05) is 18.0 Å². The fourth-order valence-electron chi connectivity index (χ4n) is 2.39. The largest absolute Gasteiger partial charge is 0.411 e. The van der Waals surface area contributed by atoms with E-state index in [4.69, 9.17) is 5.21 Å². The topological polar surface area (TPSA) is 52.9 Å². The molecular weight excluding hydrogens is 240 g/mol. The molecule has 102 valence electrons. The van der Waals surface area contributed by atoms with E-state index < -0.39 is 0 Å². The molecule has 1 unspecified atom stereocenters. The molecule has 1 aliphatic heterocycles. The van der Waals surface area contributed by atoms with Crippen LogP contribution in [0.4, 0.5) is 5.69 Å². The number of para-hydroxylation sites is 1. The van der Waals surface area contributed by atoms with Crippen LogP contribution in [0.25, 0.3) is 0 Å². The second-order valence-electron chi connectivity index (χ2n) is 4.97. The molecule has 0 saturated heterocycles. The van der Waals surface area contributed by atoms with Crippen LogP contribution in [0.5, 0.6) is 0 Å². The van der Waals surface area contributed by atoms with Crippen LogP contribution < -0.4 is 4.90 Å². The zero-order valence-corrected chi connectivity index (χ0v) is 11.5. The zero-order chi connectivity index (χ0) is 13.8. The average molecular weight is 260 g/mol. The standard InChI is InChI=1S/C15H20N2O2/c1-3-11(2)15(18)17-10-6-8-13(16-19)12-7-4-5-9-14(12)17/h4-5,7,9,11,19H,3,6,8,10H2,1-2H3/b16-13-. The number of hydrogen-bond donors (Lipinski definition) is 1. The second-order valence-corrected chi connectivity index (χ2v) is 4.97. The van der Waals surface area contributed by atoms with E-state index in [0.29, 0.717) is 18.7 Å². The Morgan fingerprint density at radius 1 is 1.47 bits per heavy atom. The molecule has 1 atom stereocenters. The number of benzene rings is 1. The quantitative estimate of drug-likeness (QED) is 0.656. The smallest absolute Gasteiger partial charge is 0.229 e. The minimum atomic E-state index is 0.0145. The summed E-state index contributed by atoms with van der Waals surface area (Å²) in [4.78, 5) is 14.3. The summed E-state index contributed by atoms with van der Waals surface area (Å²) in [6, 6.07) is 7.65. The van der Waals surface area contributed by atoms with Crippen molar-refractivity contribution in [1.29, 1.82) is 0 Å². The zero-order valence-electron chi connectivity index (χ0n) is 11.5. The highest BCUT2D eigenvalue weighted by atomic mass is 16.4. The summed E-state index contributed by atoms with van der Waals surface area (Å²) in [6.45, 7) is 4.66. The maximum absolute atomic E-state index is 12.5. The third kappa shape index (κ3) is 2.62. The third-order valence-corrected chi connectivity index (χ3v) is 3.72. The predicted octanol–water partition coefficient (Wildman–Crippen LogP) is 3.04. The van der Waals surface area contributed by atoms with Crippen molar-refractivity contribution in [2.45, 2.75) is 33.1 Å². The minimum absolute atomic E-state index is 0.0145. The first-order valence-electron chi connectivity index (χ1n) is 6.80. The van der Waals surface area contributed by atoms with Gasteiger partial charge in [0.15, 0.2) is 0 Å². The molecule has 1 amide bonds. The lowest BCUT2D eigenvalue weighted by Gasteiger charge is -2.25. The van der Waals surface area contributed by atoms with E-state index in [1.165, 1.54) is 0 Å². The van der Waals surface area contributed by atoms with E-state index in [2.05, 4.69) is 5.16 Å². The summed E-state index contributed by atoms with van der Waals surface area (Å²) in [6.07, 6.45) is 2.34. The maximum atomic E-state index is 12.5. The summed E-state index contributed by atoms with van der Waals surface area (Å²) in [5.74, 6) is 0.162. The van der Waals surface area contributed by atoms with Gasteiger partial charge in [-0.1, -0.05) is 37.2 Å². The Labute approximate surface area is 113 Å². The molecule has 0 bridgehead atoms. The number of amides is 1. The van der Waals surface area contributed by atoms with Gasteiger partial charge in [-0.05, 0) is 25.3 Å². The number of hydrogen-bond acceptors (Lipinski definition) is 3. The number of carbonyl (C=O) groups excluding carboxylic acids is 1. The van der Waals surface area contributed by atoms with Crippen LogP contribution in [-0.4, -0.2) is 23.4 Å². The van der Waals surface area contributed by atoms with Gasteiger partial charge in [0.1, 0.15) is 0 Å². The Hall–Kier alpha value is -1.84. The molecule has 1 aromatic rings. The Balaban J connectivity index is 2.44. The summed E-state index contributed by atoms with van der Waals surface area (Å²) < 4.78 is 0. The number of anilines is 1. The Bertz CT molecular complexity index is 497. The Kier molecular flexibility index (Phi) is 4.20. The molecule has 4 nitrogen and oxygen atoms in total. The minimum Gasteiger partial charge on any atom is -0.411 e. The van der Waals surface area contributed by atoms with Crippen LogP contribution in [0, 0.1) is 5.92 Å². The van der Waals surface area contributed by atoms with Crippen molar-refractivity contribution in [1.82, 2.24) is 0 Å². The molecule has 1 N–H and O–H groups in total. The molecule has 2 rings (SSSR count). The van der Waals surface area contributed by atoms with Crippen molar-refractivity contribution in [3.63, 3.8) is 0 Å². The summed E-state index contributed by atoms with van der Waals surface area (Å²) in [7, 11) is 0. The fourth-order valence-corrected chi connectivity index (χ4v) is 2.39. The second kappa shape index (κ2) is 5.87. The predicted molar refractivity (Wildman–Crippen MR) is 75.8 cm³/mol. The molecular formula is C15H20N2O2. The summed E-state index contributed by atoms with van der Waals surface area (Å²) in [5.41, 5.74) is 2.38. The molecule has 4 heteroatoms. The first-order chi connectivity index (χ1) is 9.19. The van der Waals surface area contributed by atoms with Crippen LogP contribution in [0.3, 0.4) is 0 Å². The SMILES string of the molecule is CCC(C)C(=O)N1CCC/C(=N/O)c2ccccc21. The highest BCUT2D eigenvalue weighted by Gasteiger charge is 2.26. The van der Waals surface area contributed by atoms with Gasteiger partial charge < -0.3 is 10.1 Å². The van der Waals surface area contributed by atoms with Crippen LogP contribution in [0.15, 0.2) is 29.4 Å². The van der Waals surface area contributed by atoms with Crippen molar-refractivity contribution < 1.29 is 10.0 Å². The lowest BCUT2D eigenvalue weighted by molar-refractivity contribution is -0.122. The number of fused-ring (bicyclic) bond motifs is 1. The van der Waals surface area contributed by atoms with Gasteiger partial charge in [-0.2, -0.15) is 0 Å². The van der Waals surface area contributed by atoms with Gasteiger partial charge in [-0.3, -0.25) is 4.79 Å². The summed E-state index contributed by atoms with van der Waals surface area (Å²) in [5, 5.41) is 12.5. The van der Waals surface area contributed by atoms with Crippen molar-refractivity contribution in [2.24, 2.45) is 11.1 Å². The average Bonchev–Trinajstić information content (AvgIpc) is 2.64. The van der Waals surface area contributed by atoms with Crippen molar-refractivity contribution in [3.05, 3.63) is 29.8 Å². The van der Waals surface area contributed by atoms with E-state index in [1.807, 2.05) is 43.0 Å². The first kappa shape index (κ1) is 13.6. The van der Waals surface area contributed by atoms with Gasteiger partial charge in [0.2, 0.25) is 5.91 Å². The molecule has 1 aromatic carbocycles. The van der Waals surface area contributed by atoms with Gasteiger partial charge in [-0.25, -0.2) is 0 Å². The molecule has 0 spiro atoms. The molecule has 0 saturated carbocycles. The van der Waals surface area contributed by atoms with Gasteiger partial charge in [0.25, 0.3) is 0 Å². The normalized spacial score (nSPS) is 18.8. The monoisotopic (exact) mass is 260 g/mol. The van der Waals surface area contributed by atoms with Crippen LogP contribution >= 0.6 is 0 Å². The summed E-state index contributed by atoms with van der Waals surface area (Å²) >= 11 is 0. The first-order valence-corrected chi connectivity index (χ1v) is 6.80. The number of nitrogens with zero attached hydrogens (tertiary/aromatic N) is 2. The Morgan fingerprint density at radius 2 is 2.21 bits per heavy atom. The van der Waals surface area contributed by atoms with Crippen LogP contribution in [-0.2, 0) is 4.79 Å². The molecule has 19 heavy (non-hydrogen) atoms. The molecule has 0 aliphatic carbocycles. The van der Waals surface area contributed by atoms with E-state index in [-0.39, 0.29) is 11.8 Å². The van der Waals surface area contributed by atoms with Crippen LogP contribution in [0.1, 0.15) is 38.7 Å². The van der Waals surface area contributed by atoms with E-state index in [1.54, 1.807) is 0 Å². The lowest BCUT2D eigenvalue weighted by atomic mass is 10.0. The van der Waals surface area contributed by atoms with Crippen molar-refractivity contribution in [3.8, 4) is 0 Å². The Morgan fingerprint density at radius 3 is 2.89 bits per heavy atom. The molecule has 0 fully saturated rings. The lowest BCUT2D eigenvalue weighted by Crippen LogP contribution is -2.35. The van der Waals surface area contributed by atoms with E-state index in [9.17, 15) is 4.79 Å². The van der Waals surface area contributed by atoms with Crippen LogP contribution in [0.2, 0.25) is 0 Å². The molecule has 0 radical (unpaired) electrons. The molecule has 1 heterocycles. The highest BCUT2D eigenvalue weighted by molar-refractivity contribution is 6.09.